The molecule has 4 heteroatoms. The lowest BCUT2D eigenvalue weighted by Gasteiger charge is -2.24. The van der Waals surface area contributed by atoms with Gasteiger partial charge in [0.05, 0.1) is 13.2 Å². The minimum absolute atomic E-state index is 0.364. The number of benzene rings is 1. The maximum Gasteiger partial charge on any atom is 0.118 e. The van der Waals surface area contributed by atoms with Crippen LogP contribution in [-0.4, -0.2) is 49.3 Å². The van der Waals surface area contributed by atoms with Gasteiger partial charge in [-0.25, -0.2) is 0 Å². The molecule has 0 bridgehead atoms. The second kappa shape index (κ2) is 8.95. The summed E-state index contributed by atoms with van der Waals surface area (Å²) in [6.45, 7) is 10.2. The zero-order valence-corrected chi connectivity index (χ0v) is 13.1. The van der Waals surface area contributed by atoms with Crippen molar-refractivity contribution in [2.75, 3.05) is 33.3 Å². The number of nitrogens with zero attached hydrogens (tertiary/aromatic N) is 1. The highest BCUT2D eigenvalue weighted by Gasteiger charge is 2.11. The van der Waals surface area contributed by atoms with Crippen LogP contribution in [0.5, 0.6) is 5.75 Å². The van der Waals surface area contributed by atoms with Gasteiger partial charge >= 0.3 is 0 Å². The Labute approximate surface area is 122 Å². The number of likely N-dealkylation sites (N-methyl/N-ethyl adjacent to an activating group) is 1. The average molecular weight is 280 g/mol. The molecule has 0 saturated carbocycles. The molecule has 0 saturated heterocycles. The SMILES string of the molecule is CCN(CC)CC(C)NCC(O)c1ccc(OC)cc1. The number of ether oxygens (including phenoxy) is 1. The van der Waals surface area contributed by atoms with Gasteiger partial charge in [0.15, 0.2) is 0 Å². The fourth-order valence-corrected chi connectivity index (χ4v) is 2.19. The van der Waals surface area contributed by atoms with Crippen LogP contribution < -0.4 is 10.1 Å². The Balaban J connectivity index is 2.39. The third kappa shape index (κ3) is 5.49. The van der Waals surface area contributed by atoms with Crippen LogP contribution >= 0.6 is 0 Å². The summed E-state index contributed by atoms with van der Waals surface area (Å²) in [7, 11) is 1.64. The highest BCUT2D eigenvalue weighted by molar-refractivity contribution is 5.28. The van der Waals surface area contributed by atoms with Crippen molar-refractivity contribution in [3.8, 4) is 5.75 Å². The summed E-state index contributed by atoms with van der Waals surface area (Å²) in [5, 5.41) is 13.6. The summed E-state index contributed by atoms with van der Waals surface area (Å²) < 4.78 is 5.11. The van der Waals surface area contributed by atoms with Crippen LogP contribution in [0.4, 0.5) is 0 Å². The smallest absolute Gasteiger partial charge is 0.118 e. The predicted molar refractivity (Wildman–Crippen MR) is 83.2 cm³/mol. The number of methoxy groups -OCH3 is 1. The van der Waals surface area contributed by atoms with E-state index in [0.29, 0.717) is 12.6 Å². The van der Waals surface area contributed by atoms with Gasteiger partial charge in [-0.05, 0) is 37.7 Å². The number of hydrogen-bond donors (Lipinski definition) is 2. The van der Waals surface area contributed by atoms with E-state index in [1.807, 2.05) is 24.3 Å². The number of aliphatic hydroxyl groups excluding tert-OH is 1. The normalized spacial score (nSPS) is 14.3. The lowest BCUT2D eigenvalue weighted by atomic mass is 10.1. The average Bonchev–Trinajstić information content (AvgIpc) is 2.50. The Hall–Kier alpha value is -1.10. The summed E-state index contributed by atoms with van der Waals surface area (Å²) in [6, 6.07) is 7.92. The van der Waals surface area contributed by atoms with E-state index in [4.69, 9.17) is 4.74 Å². The molecule has 0 aliphatic carbocycles. The zero-order chi connectivity index (χ0) is 15.0. The van der Waals surface area contributed by atoms with E-state index < -0.39 is 6.10 Å². The number of nitrogens with one attached hydrogen (secondary N) is 1. The lowest BCUT2D eigenvalue weighted by molar-refractivity contribution is 0.165. The van der Waals surface area contributed by atoms with Gasteiger partial charge in [-0.1, -0.05) is 26.0 Å². The monoisotopic (exact) mass is 280 g/mol. The fourth-order valence-electron chi connectivity index (χ4n) is 2.19. The van der Waals surface area contributed by atoms with Gasteiger partial charge in [0, 0.05) is 19.1 Å². The molecule has 0 spiro atoms. The number of hydrogen-bond acceptors (Lipinski definition) is 4. The molecule has 20 heavy (non-hydrogen) atoms. The second-order valence-electron chi connectivity index (χ2n) is 5.08. The number of aliphatic hydroxyl groups is 1. The molecule has 2 N–H and O–H groups in total. The standard InChI is InChI=1S/C16H28N2O2/c1-5-18(6-2)12-13(3)17-11-16(19)14-7-9-15(20-4)10-8-14/h7-10,13,16-17,19H,5-6,11-12H2,1-4H3. The van der Waals surface area contributed by atoms with Crippen molar-refractivity contribution in [1.29, 1.82) is 0 Å². The molecule has 1 rings (SSSR count). The van der Waals surface area contributed by atoms with E-state index in [1.54, 1.807) is 7.11 Å². The van der Waals surface area contributed by atoms with Crippen LogP contribution in [0.3, 0.4) is 0 Å². The molecule has 0 radical (unpaired) electrons. The van der Waals surface area contributed by atoms with Gasteiger partial charge in [0.25, 0.3) is 0 Å². The molecule has 2 unspecified atom stereocenters. The molecule has 1 aromatic carbocycles. The van der Waals surface area contributed by atoms with Crippen LogP contribution in [0.15, 0.2) is 24.3 Å². The van der Waals surface area contributed by atoms with E-state index in [1.165, 1.54) is 0 Å². The van der Waals surface area contributed by atoms with E-state index in [2.05, 4.69) is 31.0 Å². The van der Waals surface area contributed by atoms with Crippen molar-refractivity contribution >= 4 is 0 Å². The first-order valence-electron chi connectivity index (χ1n) is 7.38. The van der Waals surface area contributed by atoms with Crippen LogP contribution in [0, 0.1) is 0 Å². The van der Waals surface area contributed by atoms with Crippen molar-refractivity contribution in [3.05, 3.63) is 29.8 Å². The van der Waals surface area contributed by atoms with Crippen LogP contribution in [0.1, 0.15) is 32.4 Å². The Morgan fingerprint density at radius 1 is 1.20 bits per heavy atom. The Kier molecular flexibility index (Phi) is 7.59. The van der Waals surface area contributed by atoms with Gasteiger partial charge in [0.1, 0.15) is 5.75 Å². The summed E-state index contributed by atoms with van der Waals surface area (Å²) in [6.07, 6.45) is -0.486. The largest absolute Gasteiger partial charge is 0.497 e. The van der Waals surface area contributed by atoms with Crippen molar-refractivity contribution < 1.29 is 9.84 Å². The molecule has 0 fully saturated rings. The molecule has 0 heterocycles. The van der Waals surface area contributed by atoms with Crippen molar-refractivity contribution in [3.63, 3.8) is 0 Å². The summed E-state index contributed by atoms with van der Waals surface area (Å²) in [4.78, 5) is 2.37. The Bertz CT molecular complexity index is 363. The first-order valence-corrected chi connectivity index (χ1v) is 7.38. The Morgan fingerprint density at radius 2 is 1.80 bits per heavy atom. The number of rotatable bonds is 9. The van der Waals surface area contributed by atoms with Gasteiger partial charge in [0.2, 0.25) is 0 Å². The molecular weight excluding hydrogens is 252 g/mol. The van der Waals surface area contributed by atoms with E-state index >= 15 is 0 Å². The Morgan fingerprint density at radius 3 is 2.30 bits per heavy atom. The topological polar surface area (TPSA) is 44.7 Å². The molecule has 0 aliphatic heterocycles. The maximum absolute atomic E-state index is 10.2. The molecule has 114 valence electrons. The van der Waals surface area contributed by atoms with Crippen molar-refractivity contribution in [1.82, 2.24) is 10.2 Å². The quantitative estimate of drug-likeness (QED) is 0.727. The third-order valence-corrected chi connectivity index (χ3v) is 3.59. The fraction of sp³-hybridized carbons (Fsp3) is 0.625. The summed E-state index contributed by atoms with van der Waals surface area (Å²) >= 11 is 0. The third-order valence-electron chi connectivity index (χ3n) is 3.59. The lowest BCUT2D eigenvalue weighted by Crippen LogP contribution is -2.40. The van der Waals surface area contributed by atoms with Crippen LogP contribution in [0.25, 0.3) is 0 Å². The van der Waals surface area contributed by atoms with E-state index in [-0.39, 0.29) is 0 Å². The van der Waals surface area contributed by atoms with Gasteiger partial charge in [-0.2, -0.15) is 0 Å². The zero-order valence-electron chi connectivity index (χ0n) is 13.1. The van der Waals surface area contributed by atoms with Crippen LogP contribution in [-0.2, 0) is 0 Å². The highest BCUT2D eigenvalue weighted by atomic mass is 16.5. The molecule has 4 nitrogen and oxygen atoms in total. The molecule has 1 aromatic rings. The second-order valence-corrected chi connectivity index (χ2v) is 5.08. The molecule has 0 aromatic heterocycles. The molecular formula is C16H28N2O2. The van der Waals surface area contributed by atoms with Crippen LogP contribution in [0.2, 0.25) is 0 Å². The van der Waals surface area contributed by atoms with E-state index in [9.17, 15) is 5.11 Å². The van der Waals surface area contributed by atoms with Gasteiger partial charge in [-0.3, -0.25) is 0 Å². The maximum atomic E-state index is 10.2. The minimum Gasteiger partial charge on any atom is -0.497 e. The van der Waals surface area contributed by atoms with Crippen molar-refractivity contribution in [2.24, 2.45) is 0 Å². The highest BCUT2D eigenvalue weighted by Crippen LogP contribution is 2.17. The van der Waals surface area contributed by atoms with Gasteiger partial charge in [-0.15, -0.1) is 0 Å². The summed E-state index contributed by atoms with van der Waals surface area (Å²) in [5.74, 6) is 0.809. The molecule has 0 aliphatic rings. The minimum atomic E-state index is -0.486. The van der Waals surface area contributed by atoms with Gasteiger partial charge < -0.3 is 20.1 Å². The van der Waals surface area contributed by atoms with Crippen molar-refractivity contribution in [2.45, 2.75) is 32.9 Å². The summed E-state index contributed by atoms with van der Waals surface area (Å²) in [5.41, 5.74) is 0.910. The first-order chi connectivity index (χ1) is 9.60. The predicted octanol–water partition coefficient (Wildman–Crippen LogP) is 2.05. The molecule has 0 amide bonds. The first kappa shape index (κ1) is 17.0. The molecule has 2 atom stereocenters. The van der Waals surface area contributed by atoms with E-state index in [0.717, 1.165) is 30.9 Å².